The van der Waals surface area contributed by atoms with Gasteiger partial charge in [-0.25, -0.2) is 0 Å². The predicted molar refractivity (Wildman–Crippen MR) is 64.2 cm³/mol. The Morgan fingerprint density at radius 2 is 1.64 bits per heavy atom. The highest BCUT2D eigenvalue weighted by molar-refractivity contribution is 5.61. The molecule has 0 bridgehead atoms. The lowest BCUT2D eigenvalue weighted by atomic mass is 10.1. The maximum Gasteiger partial charge on any atom is 0.573 e. The molecule has 1 heterocycles. The van der Waals surface area contributed by atoms with E-state index < -0.39 is 29.4 Å². The number of alkyl halides is 6. The van der Waals surface area contributed by atoms with Crippen molar-refractivity contribution >= 4 is 0 Å². The molecule has 0 aliphatic rings. The zero-order valence-electron chi connectivity index (χ0n) is 10.5. The van der Waals surface area contributed by atoms with Crippen molar-refractivity contribution in [3.8, 4) is 17.0 Å². The van der Waals surface area contributed by atoms with Crippen molar-refractivity contribution in [3.05, 3.63) is 52.3 Å². The summed E-state index contributed by atoms with van der Waals surface area (Å²) in [5.74, 6) is -0.608. The maximum absolute atomic E-state index is 12.6. The van der Waals surface area contributed by atoms with Gasteiger partial charge in [0.2, 0.25) is 0 Å². The zero-order valence-corrected chi connectivity index (χ0v) is 10.5. The quantitative estimate of drug-likeness (QED) is 0.850. The number of aromatic amines is 1. The van der Waals surface area contributed by atoms with Crippen LogP contribution in [0, 0.1) is 0 Å². The lowest BCUT2D eigenvalue weighted by Gasteiger charge is -2.11. The van der Waals surface area contributed by atoms with Crippen LogP contribution >= 0.6 is 0 Å². The van der Waals surface area contributed by atoms with Gasteiger partial charge < -0.3 is 9.72 Å². The van der Waals surface area contributed by atoms with Crippen LogP contribution in [0.15, 0.2) is 41.2 Å². The lowest BCUT2D eigenvalue weighted by Crippen LogP contribution is -2.17. The van der Waals surface area contributed by atoms with E-state index in [0.29, 0.717) is 6.07 Å². The molecule has 0 amide bonds. The Balaban J connectivity index is 2.46. The summed E-state index contributed by atoms with van der Waals surface area (Å²) < 4.78 is 77.9. The fourth-order valence-electron chi connectivity index (χ4n) is 1.71. The Morgan fingerprint density at radius 3 is 2.23 bits per heavy atom. The van der Waals surface area contributed by atoms with Gasteiger partial charge in [-0.3, -0.25) is 4.79 Å². The molecule has 1 aromatic heterocycles. The molecule has 2 rings (SSSR count). The zero-order chi connectivity index (χ0) is 16.5. The van der Waals surface area contributed by atoms with Crippen molar-refractivity contribution in [2.75, 3.05) is 0 Å². The lowest BCUT2D eigenvalue weighted by molar-refractivity contribution is -0.274. The van der Waals surface area contributed by atoms with Gasteiger partial charge in [-0.15, -0.1) is 13.2 Å². The van der Waals surface area contributed by atoms with E-state index in [-0.39, 0.29) is 11.3 Å². The van der Waals surface area contributed by atoms with Crippen LogP contribution in [0.5, 0.6) is 5.75 Å². The van der Waals surface area contributed by atoms with Crippen molar-refractivity contribution in [1.82, 2.24) is 4.98 Å². The Hall–Kier alpha value is -2.45. The minimum Gasteiger partial charge on any atom is -0.406 e. The second-order valence-corrected chi connectivity index (χ2v) is 4.22. The summed E-state index contributed by atoms with van der Waals surface area (Å²) >= 11 is 0. The molecule has 1 aromatic carbocycles. The number of aromatic nitrogens is 1. The van der Waals surface area contributed by atoms with Crippen LogP contribution in [-0.2, 0) is 6.18 Å². The van der Waals surface area contributed by atoms with E-state index in [2.05, 4.69) is 4.74 Å². The van der Waals surface area contributed by atoms with E-state index in [1.807, 2.05) is 4.98 Å². The highest BCUT2D eigenvalue weighted by Crippen LogP contribution is 2.30. The molecule has 0 aliphatic carbocycles. The van der Waals surface area contributed by atoms with Gasteiger partial charge in [-0.2, -0.15) is 13.2 Å². The SMILES string of the molecule is O=c1cc(-c2cccc(OC(F)(F)F)c2)[nH]c(C(F)(F)F)c1. The molecular formula is C13H7F6NO2. The number of rotatable bonds is 2. The minimum atomic E-state index is -4.93. The van der Waals surface area contributed by atoms with Crippen molar-refractivity contribution < 1.29 is 31.1 Å². The smallest absolute Gasteiger partial charge is 0.406 e. The number of hydrogen-bond donors (Lipinski definition) is 1. The highest BCUT2D eigenvalue weighted by atomic mass is 19.4. The summed E-state index contributed by atoms with van der Waals surface area (Å²) in [5.41, 5.74) is -2.54. The van der Waals surface area contributed by atoms with Crippen LogP contribution in [-0.4, -0.2) is 11.3 Å². The largest absolute Gasteiger partial charge is 0.573 e. The number of pyridine rings is 1. The molecule has 0 spiro atoms. The van der Waals surface area contributed by atoms with Gasteiger partial charge in [0, 0.05) is 23.4 Å². The Labute approximate surface area is 119 Å². The second-order valence-electron chi connectivity index (χ2n) is 4.22. The highest BCUT2D eigenvalue weighted by Gasteiger charge is 2.33. The van der Waals surface area contributed by atoms with Gasteiger partial charge in [0.25, 0.3) is 0 Å². The van der Waals surface area contributed by atoms with E-state index in [4.69, 9.17) is 0 Å². The number of halogens is 6. The molecule has 2 aromatic rings. The van der Waals surface area contributed by atoms with Crippen molar-refractivity contribution in [2.45, 2.75) is 12.5 Å². The molecule has 0 aliphatic heterocycles. The average Bonchev–Trinajstić information content (AvgIpc) is 2.35. The molecule has 9 heteroatoms. The standard InChI is InChI=1S/C13H7F6NO2/c14-12(15,16)11-6-8(21)5-10(20-11)7-2-1-3-9(4-7)22-13(17,18)19/h1-6H,(H,20,21). The van der Waals surface area contributed by atoms with Gasteiger partial charge in [0.1, 0.15) is 11.4 Å². The van der Waals surface area contributed by atoms with Gasteiger partial charge in [-0.05, 0) is 12.1 Å². The predicted octanol–water partition coefficient (Wildman–Crippen LogP) is 3.96. The molecule has 0 unspecified atom stereocenters. The summed E-state index contributed by atoms with van der Waals surface area (Å²) in [4.78, 5) is 13.3. The van der Waals surface area contributed by atoms with E-state index in [9.17, 15) is 31.1 Å². The molecule has 3 nitrogen and oxygen atoms in total. The third kappa shape index (κ3) is 4.03. The summed E-state index contributed by atoms with van der Waals surface area (Å²) in [6.07, 6.45) is -9.71. The van der Waals surface area contributed by atoms with Crippen molar-refractivity contribution in [3.63, 3.8) is 0 Å². The van der Waals surface area contributed by atoms with Crippen LogP contribution in [0.2, 0.25) is 0 Å². The number of H-pyrrole nitrogens is 1. The van der Waals surface area contributed by atoms with Crippen molar-refractivity contribution in [2.24, 2.45) is 0 Å². The Bertz CT molecular complexity index is 732. The number of nitrogens with one attached hydrogen (secondary N) is 1. The van der Waals surface area contributed by atoms with E-state index >= 15 is 0 Å². The fourth-order valence-corrected chi connectivity index (χ4v) is 1.71. The molecule has 1 N–H and O–H groups in total. The Morgan fingerprint density at radius 1 is 0.955 bits per heavy atom. The molecular weight excluding hydrogens is 316 g/mol. The average molecular weight is 323 g/mol. The molecule has 22 heavy (non-hydrogen) atoms. The molecule has 0 fully saturated rings. The third-order valence-electron chi connectivity index (χ3n) is 2.53. The maximum atomic E-state index is 12.6. The molecule has 0 radical (unpaired) electrons. The van der Waals surface area contributed by atoms with Gasteiger partial charge in [-0.1, -0.05) is 12.1 Å². The number of benzene rings is 1. The van der Waals surface area contributed by atoms with Crippen LogP contribution in [0.25, 0.3) is 11.3 Å². The normalized spacial score (nSPS) is 12.3. The third-order valence-corrected chi connectivity index (χ3v) is 2.53. The van der Waals surface area contributed by atoms with Crippen LogP contribution < -0.4 is 10.2 Å². The summed E-state index contributed by atoms with van der Waals surface area (Å²) in [7, 11) is 0. The van der Waals surface area contributed by atoms with Gasteiger partial charge >= 0.3 is 12.5 Å². The van der Waals surface area contributed by atoms with Crippen LogP contribution in [0.3, 0.4) is 0 Å². The minimum absolute atomic E-state index is 0.0510. The van der Waals surface area contributed by atoms with Gasteiger partial charge in [0.05, 0.1) is 0 Å². The van der Waals surface area contributed by atoms with E-state index in [0.717, 1.165) is 24.3 Å². The summed E-state index contributed by atoms with van der Waals surface area (Å²) in [6.45, 7) is 0. The number of hydrogen-bond acceptors (Lipinski definition) is 2. The first-order chi connectivity index (χ1) is 10.0. The summed E-state index contributed by atoms with van der Waals surface area (Å²) in [6, 6.07) is 5.48. The molecule has 0 atom stereocenters. The molecule has 0 saturated heterocycles. The van der Waals surface area contributed by atoms with Crippen molar-refractivity contribution in [1.29, 1.82) is 0 Å². The number of ether oxygens (including phenoxy) is 1. The molecule has 0 saturated carbocycles. The molecule has 118 valence electrons. The first-order valence-electron chi connectivity index (χ1n) is 5.72. The first-order valence-corrected chi connectivity index (χ1v) is 5.72. The van der Waals surface area contributed by atoms with Crippen LogP contribution in [0.4, 0.5) is 26.3 Å². The monoisotopic (exact) mass is 323 g/mol. The fraction of sp³-hybridized carbons (Fsp3) is 0.154. The summed E-state index contributed by atoms with van der Waals surface area (Å²) in [5, 5.41) is 0. The van der Waals surface area contributed by atoms with E-state index in [1.54, 1.807) is 0 Å². The van der Waals surface area contributed by atoms with Gasteiger partial charge in [0.15, 0.2) is 5.43 Å². The Kier molecular flexibility index (Phi) is 3.90. The van der Waals surface area contributed by atoms with Crippen LogP contribution in [0.1, 0.15) is 5.69 Å². The first kappa shape index (κ1) is 15.9. The van der Waals surface area contributed by atoms with E-state index in [1.165, 1.54) is 6.07 Å². The topological polar surface area (TPSA) is 42.1 Å². The second kappa shape index (κ2) is 5.39.